The predicted octanol–water partition coefficient (Wildman–Crippen LogP) is 14.1. The van der Waals surface area contributed by atoms with Gasteiger partial charge in [0.1, 0.15) is 24.4 Å². The molecular formula is C57H113NO11S. The number of nitrogens with one attached hydrogen (secondary N) is 1. The van der Waals surface area contributed by atoms with Gasteiger partial charge in [0.15, 0.2) is 6.29 Å². The molecular weight excluding hydrogens is 907 g/mol. The average molecular weight is 1020 g/mol. The van der Waals surface area contributed by atoms with Crippen LogP contribution in [0.25, 0.3) is 0 Å². The van der Waals surface area contributed by atoms with Crippen LogP contribution in [0.3, 0.4) is 0 Å². The van der Waals surface area contributed by atoms with Crippen molar-refractivity contribution in [2.45, 2.75) is 346 Å². The Bertz CT molecular complexity index is 1240. The minimum absolute atomic E-state index is 0.224. The zero-order chi connectivity index (χ0) is 51.2. The second-order valence-corrected chi connectivity index (χ2v) is 22.4. The van der Waals surface area contributed by atoms with Crippen molar-refractivity contribution in [3.05, 3.63) is 0 Å². The smallest absolute Gasteiger partial charge is 0.394 e. The summed E-state index contributed by atoms with van der Waals surface area (Å²) in [6.07, 6.45) is 47.3. The maximum absolute atomic E-state index is 13.1. The number of hydrogen-bond donors (Lipinski definition) is 6. The van der Waals surface area contributed by atoms with Gasteiger partial charge in [-0.05, 0) is 12.8 Å². The minimum atomic E-state index is -5.07. The summed E-state index contributed by atoms with van der Waals surface area (Å²) >= 11 is 0. The molecule has 1 saturated heterocycles. The second-order valence-electron chi connectivity index (χ2n) is 21.3. The molecule has 1 fully saturated rings. The maximum Gasteiger partial charge on any atom is 0.397 e. The van der Waals surface area contributed by atoms with Crippen molar-refractivity contribution < 1.29 is 51.8 Å². The van der Waals surface area contributed by atoms with Gasteiger partial charge < -0.3 is 35.2 Å². The van der Waals surface area contributed by atoms with Crippen molar-refractivity contribution >= 4 is 16.3 Å². The van der Waals surface area contributed by atoms with E-state index in [9.17, 15) is 38.2 Å². The first kappa shape index (κ1) is 67.1. The Hall–Kier alpha value is -0.900. The number of hydrogen-bond acceptors (Lipinski definition) is 10. The van der Waals surface area contributed by atoms with Gasteiger partial charge in [-0.15, -0.1) is 0 Å². The van der Waals surface area contributed by atoms with E-state index in [1.165, 1.54) is 225 Å². The predicted molar refractivity (Wildman–Crippen MR) is 287 cm³/mol. The van der Waals surface area contributed by atoms with E-state index in [1.54, 1.807) is 0 Å². The Morgan fingerprint density at radius 2 is 0.829 bits per heavy atom. The van der Waals surface area contributed by atoms with E-state index in [1.807, 2.05) is 0 Å². The van der Waals surface area contributed by atoms with Crippen LogP contribution >= 0.6 is 0 Å². The van der Waals surface area contributed by atoms with Gasteiger partial charge in [0.25, 0.3) is 0 Å². The van der Waals surface area contributed by atoms with Crippen molar-refractivity contribution in [3.8, 4) is 0 Å². The molecule has 418 valence electrons. The lowest BCUT2D eigenvalue weighted by atomic mass is 9.99. The molecule has 1 rings (SSSR count). The number of carbonyl (C=O) groups is 1. The van der Waals surface area contributed by atoms with Gasteiger partial charge in [0, 0.05) is 6.42 Å². The molecule has 7 unspecified atom stereocenters. The molecule has 0 saturated carbocycles. The molecule has 0 spiro atoms. The lowest BCUT2D eigenvalue weighted by Gasteiger charge is -2.41. The monoisotopic (exact) mass is 1020 g/mol. The third-order valence-corrected chi connectivity index (χ3v) is 15.1. The van der Waals surface area contributed by atoms with E-state index in [0.717, 1.165) is 51.4 Å². The fraction of sp³-hybridized carbons (Fsp3) is 0.982. The summed E-state index contributed by atoms with van der Waals surface area (Å²) in [6.45, 7) is 3.47. The fourth-order valence-corrected chi connectivity index (χ4v) is 10.6. The van der Waals surface area contributed by atoms with Crippen LogP contribution in [0.15, 0.2) is 0 Å². The van der Waals surface area contributed by atoms with Crippen LogP contribution in [-0.2, 0) is 28.9 Å². The summed E-state index contributed by atoms with van der Waals surface area (Å²) in [7, 11) is -5.07. The standard InChI is InChI=1S/C57H113NO11S/c1-3-5-7-9-11-13-15-16-17-18-19-20-21-22-23-24-25-26-27-28-29-30-31-32-33-34-35-36-37-39-41-43-45-47-53(61)58-50(51(60)46-44-42-40-38-14-12-10-8-6-4-2)49-67-57-55(63)56(69-70(64,65)66)54(62)52(48-59)68-57/h50-52,54-57,59-60,62-63H,3-49H2,1-2H3,(H,58,61)(H,64,65,66). The van der Waals surface area contributed by atoms with Crippen LogP contribution in [0.2, 0.25) is 0 Å². The lowest BCUT2D eigenvalue weighted by Crippen LogP contribution is -2.61. The molecule has 1 aliphatic rings. The Kier molecular flexibility index (Phi) is 45.8. The van der Waals surface area contributed by atoms with Crippen molar-refractivity contribution in [1.82, 2.24) is 5.32 Å². The lowest BCUT2D eigenvalue weighted by molar-refractivity contribution is -0.298. The summed E-state index contributed by atoms with van der Waals surface area (Å²) < 4.78 is 47.8. The van der Waals surface area contributed by atoms with Gasteiger partial charge in [-0.25, -0.2) is 4.18 Å². The van der Waals surface area contributed by atoms with Crippen LogP contribution in [0.5, 0.6) is 0 Å². The van der Waals surface area contributed by atoms with Crippen molar-refractivity contribution in [2.75, 3.05) is 13.2 Å². The summed E-state index contributed by atoms with van der Waals surface area (Å²) in [4.78, 5) is 13.1. The van der Waals surface area contributed by atoms with Crippen molar-refractivity contribution in [1.29, 1.82) is 0 Å². The van der Waals surface area contributed by atoms with E-state index in [4.69, 9.17) is 9.47 Å². The summed E-state index contributed by atoms with van der Waals surface area (Å²) in [6, 6.07) is -0.851. The minimum Gasteiger partial charge on any atom is -0.394 e. The number of aliphatic hydroxyl groups is 4. The summed E-state index contributed by atoms with van der Waals surface area (Å²) in [5.74, 6) is -0.224. The topological polar surface area (TPSA) is 192 Å². The molecule has 1 aliphatic heterocycles. The first-order valence-corrected chi connectivity index (χ1v) is 31.3. The van der Waals surface area contributed by atoms with Gasteiger partial charge >= 0.3 is 10.4 Å². The number of aliphatic hydroxyl groups excluding tert-OH is 4. The van der Waals surface area contributed by atoms with E-state index in [0.29, 0.717) is 12.8 Å². The molecule has 0 aromatic heterocycles. The molecule has 0 aromatic carbocycles. The third-order valence-electron chi connectivity index (χ3n) is 14.7. The number of ether oxygens (including phenoxy) is 2. The molecule has 70 heavy (non-hydrogen) atoms. The van der Waals surface area contributed by atoms with Crippen molar-refractivity contribution in [2.24, 2.45) is 0 Å². The highest BCUT2D eigenvalue weighted by atomic mass is 32.3. The Morgan fingerprint density at radius 1 is 0.514 bits per heavy atom. The van der Waals surface area contributed by atoms with Gasteiger partial charge in [-0.2, -0.15) is 8.42 Å². The SMILES string of the molecule is CCCCCCCCCCCCCCCCCCCCCCCCCCCCCCCCCCCC(=O)NC(COC1OC(CO)C(O)C(OS(=O)(=O)O)C1O)C(O)CCCCCCCCCCCC. The number of carbonyl (C=O) groups excluding carboxylic acids is 1. The molecule has 0 radical (unpaired) electrons. The van der Waals surface area contributed by atoms with Gasteiger partial charge in [0.2, 0.25) is 5.91 Å². The molecule has 0 bridgehead atoms. The molecule has 13 heteroatoms. The zero-order valence-corrected chi connectivity index (χ0v) is 46.2. The Morgan fingerprint density at radius 3 is 1.14 bits per heavy atom. The first-order chi connectivity index (χ1) is 34.0. The average Bonchev–Trinajstić information content (AvgIpc) is 3.33. The first-order valence-electron chi connectivity index (χ1n) is 29.9. The third kappa shape index (κ3) is 39.5. The van der Waals surface area contributed by atoms with Crippen LogP contribution in [0.1, 0.15) is 303 Å². The number of rotatable bonds is 53. The van der Waals surface area contributed by atoms with Crippen LogP contribution in [0.4, 0.5) is 0 Å². The normalized spacial score (nSPS) is 19.4. The zero-order valence-electron chi connectivity index (χ0n) is 45.4. The van der Waals surface area contributed by atoms with E-state index in [2.05, 4.69) is 23.3 Å². The molecule has 12 nitrogen and oxygen atoms in total. The summed E-state index contributed by atoms with van der Waals surface area (Å²) in [5.41, 5.74) is 0. The molecule has 1 amide bonds. The molecule has 0 aliphatic carbocycles. The second kappa shape index (κ2) is 47.8. The summed E-state index contributed by atoms with van der Waals surface area (Å²) in [5, 5.41) is 44.9. The molecule has 7 atom stereocenters. The van der Waals surface area contributed by atoms with Gasteiger partial charge in [0.05, 0.1) is 25.4 Å². The molecule has 6 N–H and O–H groups in total. The quantitative estimate of drug-likeness (QED) is 0.0251. The number of unbranched alkanes of at least 4 members (excludes halogenated alkanes) is 41. The molecule has 0 aromatic rings. The highest BCUT2D eigenvalue weighted by Gasteiger charge is 2.48. The Balaban J connectivity index is 2.14. The van der Waals surface area contributed by atoms with Crippen LogP contribution in [0, 0.1) is 0 Å². The highest BCUT2D eigenvalue weighted by Crippen LogP contribution is 2.26. The fourth-order valence-electron chi connectivity index (χ4n) is 10.1. The van der Waals surface area contributed by atoms with Crippen LogP contribution < -0.4 is 5.32 Å². The van der Waals surface area contributed by atoms with E-state index >= 15 is 0 Å². The van der Waals surface area contributed by atoms with Gasteiger partial charge in [-0.3, -0.25) is 9.35 Å². The van der Waals surface area contributed by atoms with Crippen LogP contribution in [-0.4, -0.2) is 95.4 Å². The Labute approximate surface area is 430 Å². The highest BCUT2D eigenvalue weighted by molar-refractivity contribution is 7.80. The molecule has 1 heterocycles. The van der Waals surface area contributed by atoms with Crippen molar-refractivity contribution in [3.63, 3.8) is 0 Å². The maximum atomic E-state index is 13.1. The van der Waals surface area contributed by atoms with E-state index in [-0.39, 0.29) is 12.5 Å². The largest absolute Gasteiger partial charge is 0.397 e. The van der Waals surface area contributed by atoms with E-state index < -0.39 is 59.9 Å². The number of amides is 1. The van der Waals surface area contributed by atoms with Gasteiger partial charge in [-0.1, -0.05) is 284 Å².